The second-order valence-corrected chi connectivity index (χ2v) is 6.23. The number of hydrogen-bond donors (Lipinski definition) is 0. The Labute approximate surface area is 163 Å². The fraction of sp³-hybridized carbons (Fsp3) is 0.333. The van der Waals surface area contributed by atoms with Crippen LogP contribution in [-0.2, 0) is 0 Å². The third-order valence-electron chi connectivity index (χ3n) is 3.58. The molecule has 0 aliphatic rings. The van der Waals surface area contributed by atoms with Gasteiger partial charge in [0.15, 0.2) is 11.5 Å². The van der Waals surface area contributed by atoms with Gasteiger partial charge >= 0.3 is 0 Å². The highest BCUT2D eigenvalue weighted by atomic mass is 79.9. The number of hydrogen-bond acceptors (Lipinski definition) is 4. The first-order valence-electron chi connectivity index (χ1n) is 8.70. The van der Waals surface area contributed by atoms with Crippen molar-refractivity contribution in [3.05, 3.63) is 45.9 Å². The molecule has 0 spiro atoms. The molecule has 4 nitrogen and oxygen atoms in total. The van der Waals surface area contributed by atoms with Crippen molar-refractivity contribution < 1.29 is 18.9 Å². The normalized spacial score (nSPS) is 10.8. The van der Waals surface area contributed by atoms with Crippen LogP contribution in [0.15, 0.2) is 34.8 Å². The first-order valence-corrected chi connectivity index (χ1v) is 9.50. The van der Waals surface area contributed by atoms with Crippen LogP contribution in [0, 0.1) is 0 Å². The van der Waals surface area contributed by atoms with Gasteiger partial charge in [0.05, 0.1) is 31.4 Å². The highest BCUT2D eigenvalue weighted by molar-refractivity contribution is 9.10. The van der Waals surface area contributed by atoms with Crippen molar-refractivity contribution in [1.29, 1.82) is 0 Å². The van der Waals surface area contributed by atoms with E-state index in [2.05, 4.69) is 15.9 Å². The molecule has 0 bridgehead atoms. The zero-order chi connectivity index (χ0) is 18.9. The van der Waals surface area contributed by atoms with E-state index < -0.39 is 0 Å². The van der Waals surface area contributed by atoms with Crippen molar-refractivity contribution in [2.45, 2.75) is 20.8 Å². The fourth-order valence-electron chi connectivity index (χ4n) is 2.48. The maximum atomic E-state index is 5.76. The molecule has 0 amide bonds. The van der Waals surface area contributed by atoms with E-state index in [0.717, 1.165) is 21.3 Å². The van der Waals surface area contributed by atoms with Crippen LogP contribution in [0.4, 0.5) is 0 Å². The van der Waals surface area contributed by atoms with Crippen LogP contribution in [0.3, 0.4) is 0 Å². The molecule has 140 valence electrons. The Hall–Kier alpha value is -2.14. The zero-order valence-corrected chi connectivity index (χ0v) is 17.3. The van der Waals surface area contributed by atoms with Gasteiger partial charge in [-0.25, -0.2) is 0 Å². The molecule has 2 aromatic carbocycles. The van der Waals surface area contributed by atoms with Gasteiger partial charge in [0.1, 0.15) is 5.75 Å². The van der Waals surface area contributed by atoms with Crippen molar-refractivity contribution >= 4 is 28.1 Å². The predicted molar refractivity (Wildman–Crippen MR) is 110 cm³/mol. The Bertz CT molecular complexity index is 729. The van der Waals surface area contributed by atoms with Crippen molar-refractivity contribution in [3.63, 3.8) is 0 Å². The average Bonchev–Trinajstić information content (AvgIpc) is 2.63. The molecule has 0 atom stereocenters. The van der Waals surface area contributed by atoms with Crippen LogP contribution in [0.2, 0.25) is 0 Å². The summed E-state index contributed by atoms with van der Waals surface area (Å²) in [4.78, 5) is 0. The summed E-state index contributed by atoms with van der Waals surface area (Å²) in [5.41, 5.74) is 2.04. The molecule has 0 heterocycles. The molecule has 0 N–H and O–H groups in total. The van der Waals surface area contributed by atoms with Crippen LogP contribution in [-0.4, -0.2) is 26.9 Å². The van der Waals surface area contributed by atoms with Crippen molar-refractivity contribution in [3.8, 4) is 23.0 Å². The molecule has 0 unspecified atom stereocenters. The monoisotopic (exact) mass is 420 g/mol. The standard InChI is InChI=1S/C21H25BrO4/c1-5-24-19-13-16(14-20(25-6-2)21(19)26-7-3)9-8-15-10-11-18(23-4)17(22)12-15/h8-14H,5-7H2,1-4H3/b9-8+. The quantitative estimate of drug-likeness (QED) is 0.478. The third kappa shape index (κ3) is 5.18. The molecule has 0 fully saturated rings. The lowest BCUT2D eigenvalue weighted by molar-refractivity contribution is 0.260. The number of ether oxygens (including phenoxy) is 4. The fourth-order valence-corrected chi connectivity index (χ4v) is 3.04. The molecule has 0 radical (unpaired) electrons. The number of rotatable bonds is 9. The van der Waals surface area contributed by atoms with Gasteiger partial charge in [-0.05, 0) is 72.1 Å². The van der Waals surface area contributed by atoms with Gasteiger partial charge in [0.2, 0.25) is 5.75 Å². The van der Waals surface area contributed by atoms with Gasteiger partial charge in [-0.1, -0.05) is 18.2 Å². The first kappa shape index (κ1) is 20.2. The van der Waals surface area contributed by atoms with Crippen molar-refractivity contribution in [2.75, 3.05) is 26.9 Å². The SMILES string of the molecule is CCOc1cc(/C=C/c2ccc(OC)c(Br)c2)cc(OCC)c1OCC. The summed E-state index contributed by atoms with van der Waals surface area (Å²) in [6, 6.07) is 9.87. The van der Waals surface area contributed by atoms with Crippen LogP contribution >= 0.6 is 15.9 Å². The second kappa shape index (κ2) is 10.1. The van der Waals surface area contributed by atoms with Gasteiger partial charge in [-0.15, -0.1) is 0 Å². The van der Waals surface area contributed by atoms with E-state index in [1.807, 2.05) is 63.3 Å². The van der Waals surface area contributed by atoms with Crippen molar-refractivity contribution in [2.24, 2.45) is 0 Å². The Balaban J connectivity index is 2.37. The zero-order valence-electron chi connectivity index (χ0n) is 15.7. The third-order valence-corrected chi connectivity index (χ3v) is 4.20. The van der Waals surface area contributed by atoms with Gasteiger partial charge in [0, 0.05) is 0 Å². The first-order chi connectivity index (χ1) is 12.6. The minimum atomic E-state index is 0.551. The summed E-state index contributed by atoms with van der Waals surface area (Å²) >= 11 is 3.51. The topological polar surface area (TPSA) is 36.9 Å². The predicted octanol–water partition coefficient (Wildman–Crippen LogP) is 5.82. The lowest BCUT2D eigenvalue weighted by Crippen LogP contribution is -2.02. The Kier molecular flexibility index (Phi) is 7.85. The minimum Gasteiger partial charge on any atom is -0.496 e. The smallest absolute Gasteiger partial charge is 0.203 e. The van der Waals surface area contributed by atoms with Crippen LogP contribution in [0.5, 0.6) is 23.0 Å². The molecule has 0 aliphatic carbocycles. The molecule has 0 saturated heterocycles. The summed E-state index contributed by atoms with van der Waals surface area (Å²) in [5.74, 6) is 2.84. The molecule has 0 saturated carbocycles. The summed E-state index contributed by atoms with van der Waals surface area (Å²) < 4.78 is 23.4. The van der Waals surface area contributed by atoms with Crippen LogP contribution in [0.25, 0.3) is 12.2 Å². The Morgan fingerprint density at radius 1 is 0.769 bits per heavy atom. The van der Waals surface area contributed by atoms with Crippen LogP contribution < -0.4 is 18.9 Å². The maximum absolute atomic E-state index is 5.76. The van der Waals surface area contributed by atoms with Gasteiger partial charge in [-0.2, -0.15) is 0 Å². The Morgan fingerprint density at radius 3 is 1.85 bits per heavy atom. The van der Waals surface area contributed by atoms with E-state index in [4.69, 9.17) is 18.9 Å². The highest BCUT2D eigenvalue weighted by Gasteiger charge is 2.14. The minimum absolute atomic E-state index is 0.551. The van der Waals surface area contributed by atoms with E-state index in [1.54, 1.807) is 7.11 Å². The van der Waals surface area contributed by atoms with Crippen molar-refractivity contribution in [1.82, 2.24) is 0 Å². The van der Waals surface area contributed by atoms with Gasteiger partial charge < -0.3 is 18.9 Å². The molecule has 0 aliphatic heterocycles. The van der Waals surface area contributed by atoms with E-state index in [-0.39, 0.29) is 0 Å². The number of methoxy groups -OCH3 is 1. The molecule has 5 heteroatoms. The van der Waals surface area contributed by atoms with Gasteiger partial charge in [-0.3, -0.25) is 0 Å². The lowest BCUT2D eigenvalue weighted by Gasteiger charge is -2.16. The highest BCUT2D eigenvalue weighted by Crippen LogP contribution is 2.39. The molecule has 2 rings (SSSR count). The second-order valence-electron chi connectivity index (χ2n) is 5.37. The van der Waals surface area contributed by atoms with Crippen LogP contribution in [0.1, 0.15) is 31.9 Å². The summed E-state index contributed by atoms with van der Waals surface area (Å²) in [6.45, 7) is 7.52. The molecular formula is C21H25BrO4. The van der Waals surface area contributed by atoms with E-state index in [1.165, 1.54) is 0 Å². The largest absolute Gasteiger partial charge is 0.496 e. The van der Waals surface area contributed by atoms with E-state index in [9.17, 15) is 0 Å². The molecule has 0 aromatic heterocycles. The number of benzene rings is 2. The summed E-state index contributed by atoms with van der Waals surface area (Å²) in [7, 11) is 1.65. The summed E-state index contributed by atoms with van der Waals surface area (Å²) in [6.07, 6.45) is 4.06. The number of halogens is 1. The van der Waals surface area contributed by atoms with E-state index >= 15 is 0 Å². The van der Waals surface area contributed by atoms with E-state index in [0.29, 0.717) is 37.1 Å². The Morgan fingerprint density at radius 2 is 1.35 bits per heavy atom. The summed E-state index contributed by atoms with van der Waals surface area (Å²) in [5, 5.41) is 0. The molecular weight excluding hydrogens is 396 g/mol. The average molecular weight is 421 g/mol. The molecule has 2 aromatic rings. The van der Waals surface area contributed by atoms with Gasteiger partial charge in [0.25, 0.3) is 0 Å². The lowest BCUT2D eigenvalue weighted by atomic mass is 10.1. The molecule has 26 heavy (non-hydrogen) atoms. The maximum Gasteiger partial charge on any atom is 0.203 e.